The van der Waals surface area contributed by atoms with Crippen LogP contribution in [0.4, 0.5) is 0 Å². The quantitative estimate of drug-likeness (QED) is 0.866. The third kappa shape index (κ3) is 3.68. The van der Waals surface area contributed by atoms with Crippen molar-refractivity contribution in [3.63, 3.8) is 0 Å². The van der Waals surface area contributed by atoms with Gasteiger partial charge < -0.3 is 20.1 Å². The number of hydrogen-bond donors (Lipinski definition) is 1. The average molecular weight is 354 g/mol. The molecule has 1 aliphatic heterocycles. The van der Waals surface area contributed by atoms with E-state index in [-0.39, 0.29) is 24.2 Å². The lowest BCUT2D eigenvalue weighted by atomic mass is 9.80. The summed E-state index contributed by atoms with van der Waals surface area (Å²) < 4.78 is 10.7. The van der Waals surface area contributed by atoms with Gasteiger partial charge in [-0.25, -0.2) is 0 Å². The topological polar surface area (TPSA) is 64.8 Å². The van der Waals surface area contributed by atoms with Gasteiger partial charge in [0, 0.05) is 18.7 Å². The molecule has 0 fully saturated rings. The normalized spacial score (nSPS) is 14.2. The molecular formula is C21H26N2O3. The number of fused-ring (bicyclic) bond motifs is 1. The molecule has 2 N–H and O–H groups in total. The van der Waals surface area contributed by atoms with Crippen molar-refractivity contribution >= 4 is 5.91 Å². The number of likely N-dealkylation sites (N-methyl/N-ethyl adjacent to an activating group) is 1. The first kappa shape index (κ1) is 18.3. The Hall–Kier alpha value is -2.53. The summed E-state index contributed by atoms with van der Waals surface area (Å²) in [7, 11) is 1.85. The van der Waals surface area contributed by atoms with Crippen molar-refractivity contribution in [1.82, 2.24) is 4.90 Å². The Morgan fingerprint density at radius 2 is 1.85 bits per heavy atom. The molecule has 138 valence electrons. The molecule has 1 aliphatic rings. The molecule has 0 saturated heterocycles. The number of rotatable bonds is 6. The summed E-state index contributed by atoms with van der Waals surface area (Å²) >= 11 is 0. The number of carbonyl (C=O) groups is 1. The Bertz CT molecular complexity index is 774. The highest BCUT2D eigenvalue weighted by molar-refractivity contribution is 5.95. The summed E-state index contributed by atoms with van der Waals surface area (Å²) in [6, 6.07) is 15.5. The van der Waals surface area contributed by atoms with Crippen LogP contribution in [-0.2, 0) is 6.42 Å². The summed E-state index contributed by atoms with van der Waals surface area (Å²) in [4.78, 5) is 14.9. The van der Waals surface area contributed by atoms with Crippen molar-refractivity contribution in [3.05, 3.63) is 59.7 Å². The number of ether oxygens (including phenoxy) is 2. The van der Waals surface area contributed by atoms with E-state index < -0.39 is 0 Å². The van der Waals surface area contributed by atoms with Gasteiger partial charge in [0.05, 0.1) is 0 Å². The van der Waals surface area contributed by atoms with Crippen molar-refractivity contribution in [1.29, 1.82) is 0 Å². The minimum atomic E-state index is -0.226. The number of amides is 1. The highest BCUT2D eigenvalue weighted by atomic mass is 16.7. The zero-order valence-electron chi connectivity index (χ0n) is 15.6. The van der Waals surface area contributed by atoms with Crippen LogP contribution in [0.1, 0.15) is 29.8 Å². The lowest BCUT2D eigenvalue weighted by Gasteiger charge is -2.40. The fourth-order valence-corrected chi connectivity index (χ4v) is 3.29. The van der Waals surface area contributed by atoms with Gasteiger partial charge in [0.15, 0.2) is 11.5 Å². The molecule has 1 atom stereocenters. The van der Waals surface area contributed by atoms with E-state index in [2.05, 4.69) is 26.0 Å². The Balaban J connectivity index is 1.86. The van der Waals surface area contributed by atoms with Gasteiger partial charge in [-0.2, -0.15) is 0 Å². The van der Waals surface area contributed by atoms with Crippen LogP contribution in [0, 0.1) is 5.41 Å². The highest BCUT2D eigenvalue weighted by Crippen LogP contribution is 2.34. The van der Waals surface area contributed by atoms with E-state index in [1.807, 2.05) is 25.2 Å². The van der Waals surface area contributed by atoms with Crippen LogP contribution in [0.15, 0.2) is 48.5 Å². The first-order valence-electron chi connectivity index (χ1n) is 8.83. The maximum absolute atomic E-state index is 13.1. The van der Waals surface area contributed by atoms with Crippen LogP contribution in [0.2, 0.25) is 0 Å². The van der Waals surface area contributed by atoms with Gasteiger partial charge in [-0.1, -0.05) is 44.2 Å². The molecule has 1 amide bonds. The number of nitrogens with zero attached hydrogens (tertiary/aromatic N) is 1. The van der Waals surface area contributed by atoms with Crippen LogP contribution in [0.25, 0.3) is 0 Å². The largest absolute Gasteiger partial charge is 0.454 e. The van der Waals surface area contributed by atoms with Crippen LogP contribution in [0.5, 0.6) is 11.5 Å². The maximum Gasteiger partial charge on any atom is 0.254 e. The van der Waals surface area contributed by atoms with E-state index in [0.717, 1.165) is 6.42 Å². The average Bonchev–Trinajstić information content (AvgIpc) is 3.13. The van der Waals surface area contributed by atoms with Gasteiger partial charge in [-0.05, 0) is 42.1 Å². The molecule has 0 saturated carbocycles. The molecule has 2 aromatic carbocycles. The standard InChI is InChI=1S/C21H26N2O3/c1-21(2,13-22)19(11-15-7-5-4-6-8-15)23(3)20(24)16-9-10-17-18(12-16)26-14-25-17/h4-10,12,19H,11,13-14,22H2,1-3H3/t19-/m0/s1. The maximum atomic E-state index is 13.1. The van der Waals surface area contributed by atoms with Crippen molar-refractivity contribution in [2.24, 2.45) is 11.1 Å². The second kappa shape index (κ2) is 7.38. The lowest BCUT2D eigenvalue weighted by molar-refractivity contribution is 0.0582. The molecule has 5 heteroatoms. The summed E-state index contributed by atoms with van der Waals surface area (Å²) in [5, 5.41) is 0. The molecule has 0 aromatic heterocycles. The van der Waals surface area contributed by atoms with E-state index >= 15 is 0 Å². The zero-order chi connectivity index (χ0) is 18.7. The highest BCUT2D eigenvalue weighted by Gasteiger charge is 2.34. The van der Waals surface area contributed by atoms with Crippen LogP contribution in [0.3, 0.4) is 0 Å². The third-order valence-corrected chi connectivity index (χ3v) is 5.11. The molecule has 0 unspecified atom stereocenters. The van der Waals surface area contributed by atoms with Crippen LogP contribution < -0.4 is 15.2 Å². The first-order chi connectivity index (χ1) is 12.4. The van der Waals surface area contributed by atoms with E-state index in [4.69, 9.17) is 15.2 Å². The van der Waals surface area contributed by atoms with Gasteiger partial charge in [-0.3, -0.25) is 4.79 Å². The fraction of sp³-hybridized carbons (Fsp3) is 0.381. The summed E-state index contributed by atoms with van der Waals surface area (Å²) in [5.41, 5.74) is 7.58. The lowest BCUT2D eigenvalue weighted by Crippen LogP contribution is -2.50. The molecular weight excluding hydrogens is 328 g/mol. The van der Waals surface area contributed by atoms with E-state index in [9.17, 15) is 4.79 Å². The number of benzene rings is 2. The van der Waals surface area contributed by atoms with Crippen molar-refractivity contribution in [3.8, 4) is 11.5 Å². The van der Waals surface area contributed by atoms with Crippen molar-refractivity contribution in [2.75, 3.05) is 20.4 Å². The van der Waals surface area contributed by atoms with Crippen molar-refractivity contribution < 1.29 is 14.3 Å². The van der Waals surface area contributed by atoms with Crippen molar-refractivity contribution in [2.45, 2.75) is 26.3 Å². The molecule has 0 aliphatic carbocycles. The Labute approximate surface area is 154 Å². The minimum Gasteiger partial charge on any atom is -0.454 e. The van der Waals surface area contributed by atoms with Gasteiger partial charge >= 0.3 is 0 Å². The molecule has 5 nitrogen and oxygen atoms in total. The fourth-order valence-electron chi connectivity index (χ4n) is 3.29. The Kier molecular flexibility index (Phi) is 5.18. The minimum absolute atomic E-state index is 0.0344. The van der Waals surface area contributed by atoms with E-state index in [1.165, 1.54) is 5.56 Å². The predicted molar refractivity (Wildman–Crippen MR) is 101 cm³/mol. The molecule has 0 bridgehead atoms. The number of carbonyl (C=O) groups excluding carboxylic acids is 1. The predicted octanol–water partition coefficient (Wildman–Crippen LogP) is 3.08. The molecule has 26 heavy (non-hydrogen) atoms. The summed E-state index contributed by atoms with van der Waals surface area (Å²) in [5.74, 6) is 1.24. The van der Waals surface area contributed by atoms with Crippen LogP contribution >= 0.6 is 0 Å². The zero-order valence-corrected chi connectivity index (χ0v) is 15.6. The smallest absolute Gasteiger partial charge is 0.254 e. The Morgan fingerprint density at radius 1 is 1.15 bits per heavy atom. The second-order valence-corrected chi connectivity index (χ2v) is 7.38. The summed E-state index contributed by atoms with van der Waals surface area (Å²) in [6.07, 6.45) is 0.748. The summed E-state index contributed by atoms with van der Waals surface area (Å²) in [6.45, 7) is 4.89. The van der Waals surface area contributed by atoms with Crippen LogP contribution in [-0.4, -0.2) is 37.2 Å². The molecule has 0 spiro atoms. The second-order valence-electron chi connectivity index (χ2n) is 7.38. The van der Waals surface area contributed by atoms with Gasteiger partial charge in [-0.15, -0.1) is 0 Å². The third-order valence-electron chi connectivity index (χ3n) is 5.11. The van der Waals surface area contributed by atoms with E-state index in [0.29, 0.717) is 23.6 Å². The monoisotopic (exact) mass is 354 g/mol. The van der Waals surface area contributed by atoms with Gasteiger partial charge in [0.25, 0.3) is 5.91 Å². The Morgan fingerprint density at radius 3 is 2.54 bits per heavy atom. The number of hydrogen-bond acceptors (Lipinski definition) is 4. The first-order valence-corrected chi connectivity index (χ1v) is 8.83. The molecule has 3 rings (SSSR count). The van der Waals surface area contributed by atoms with Gasteiger partial charge in [0.1, 0.15) is 0 Å². The molecule has 1 heterocycles. The number of nitrogens with two attached hydrogens (primary N) is 1. The molecule has 0 radical (unpaired) electrons. The SMILES string of the molecule is CN(C(=O)c1ccc2c(c1)OCO2)[C@@H](Cc1ccccc1)C(C)(C)CN. The van der Waals surface area contributed by atoms with E-state index in [1.54, 1.807) is 23.1 Å². The van der Waals surface area contributed by atoms with Gasteiger partial charge in [0.2, 0.25) is 6.79 Å². The molecule has 2 aromatic rings.